The zero-order chi connectivity index (χ0) is 9.80. The van der Waals surface area contributed by atoms with E-state index in [1.54, 1.807) is 0 Å². The number of thiocarbonyl (C=S) groups is 1. The second-order valence-corrected chi connectivity index (χ2v) is 4.00. The standard InChI is InChI=1S/C10H15N3S/c14-10(12-9-3-4-9)11-5-8-13-6-1-2-7-13/h1-2,6-7,9H,3-5,8H2,(H2,11,12,14). The molecule has 1 saturated carbocycles. The van der Waals surface area contributed by atoms with Gasteiger partial charge in [-0.1, -0.05) is 0 Å². The van der Waals surface area contributed by atoms with Crippen LogP contribution in [-0.2, 0) is 6.54 Å². The molecule has 1 aromatic heterocycles. The van der Waals surface area contributed by atoms with Gasteiger partial charge in [-0.05, 0) is 37.2 Å². The highest BCUT2D eigenvalue weighted by Crippen LogP contribution is 2.18. The highest BCUT2D eigenvalue weighted by atomic mass is 32.1. The summed E-state index contributed by atoms with van der Waals surface area (Å²) in [6, 6.07) is 4.70. The maximum Gasteiger partial charge on any atom is 0.166 e. The van der Waals surface area contributed by atoms with Gasteiger partial charge in [0.15, 0.2) is 5.11 Å². The molecule has 1 fully saturated rings. The van der Waals surface area contributed by atoms with Crippen LogP contribution in [0.2, 0.25) is 0 Å². The van der Waals surface area contributed by atoms with Crippen LogP contribution in [0, 0.1) is 0 Å². The molecule has 0 spiro atoms. The largest absolute Gasteiger partial charge is 0.361 e. The van der Waals surface area contributed by atoms with Gasteiger partial charge in [0.25, 0.3) is 0 Å². The van der Waals surface area contributed by atoms with Gasteiger partial charge >= 0.3 is 0 Å². The fraction of sp³-hybridized carbons (Fsp3) is 0.500. The molecule has 2 rings (SSSR count). The molecule has 76 valence electrons. The molecule has 1 aromatic rings. The van der Waals surface area contributed by atoms with Crippen LogP contribution in [0.1, 0.15) is 12.8 Å². The van der Waals surface area contributed by atoms with E-state index in [-0.39, 0.29) is 0 Å². The summed E-state index contributed by atoms with van der Waals surface area (Å²) in [6.07, 6.45) is 6.64. The van der Waals surface area contributed by atoms with E-state index >= 15 is 0 Å². The van der Waals surface area contributed by atoms with Crippen molar-refractivity contribution in [3.05, 3.63) is 24.5 Å². The fourth-order valence-corrected chi connectivity index (χ4v) is 1.55. The SMILES string of the molecule is S=C(NCCn1cccc1)NC1CC1. The predicted molar refractivity (Wildman–Crippen MR) is 61.2 cm³/mol. The summed E-state index contributed by atoms with van der Waals surface area (Å²) in [5, 5.41) is 7.23. The molecule has 0 saturated heterocycles. The Bertz CT molecular complexity index is 290. The Morgan fingerprint density at radius 1 is 1.36 bits per heavy atom. The van der Waals surface area contributed by atoms with Gasteiger partial charge in [-0.3, -0.25) is 0 Å². The van der Waals surface area contributed by atoms with E-state index in [1.807, 2.05) is 12.1 Å². The smallest absolute Gasteiger partial charge is 0.166 e. The summed E-state index contributed by atoms with van der Waals surface area (Å²) in [5.41, 5.74) is 0. The first-order chi connectivity index (χ1) is 6.84. The van der Waals surface area contributed by atoms with Crippen LogP contribution in [0.15, 0.2) is 24.5 Å². The van der Waals surface area contributed by atoms with Crippen molar-refractivity contribution >= 4 is 17.3 Å². The van der Waals surface area contributed by atoms with Crippen LogP contribution in [0.25, 0.3) is 0 Å². The van der Waals surface area contributed by atoms with E-state index in [9.17, 15) is 0 Å². The number of rotatable bonds is 4. The summed E-state index contributed by atoms with van der Waals surface area (Å²) in [4.78, 5) is 0. The molecule has 0 radical (unpaired) electrons. The molecule has 0 unspecified atom stereocenters. The van der Waals surface area contributed by atoms with Crippen LogP contribution in [0.3, 0.4) is 0 Å². The third kappa shape index (κ3) is 3.03. The first kappa shape index (κ1) is 9.52. The van der Waals surface area contributed by atoms with Crippen molar-refractivity contribution < 1.29 is 0 Å². The van der Waals surface area contributed by atoms with Gasteiger partial charge in [-0.15, -0.1) is 0 Å². The highest BCUT2D eigenvalue weighted by molar-refractivity contribution is 7.80. The Hall–Kier alpha value is -1.03. The van der Waals surface area contributed by atoms with Gasteiger partial charge in [-0.25, -0.2) is 0 Å². The molecule has 0 amide bonds. The summed E-state index contributed by atoms with van der Waals surface area (Å²) in [5.74, 6) is 0. The second-order valence-electron chi connectivity index (χ2n) is 3.60. The number of hydrogen-bond donors (Lipinski definition) is 2. The molecule has 1 aliphatic carbocycles. The molecule has 1 heterocycles. The van der Waals surface area contributed by atoms with Crippen LogP contribution in [-0.4, -0.2) is 22.3 Å². The fourth-order valence-electron chi connectivity index (χ4n) is 1.28. The van der Waals surface area contributed by atoms with Crippen LogP contribution in [0.5, 0.6) is 0 Å². The Morgan fingerprint density at radius 2 is 2.07 bits per heavy atom. The van der Waals surface area contributed by atoms with Crippen LogP contribution >= 0.6 is 12.2 Å². The third-order valence-electron chi connectivity index (χ3n) is 2.23. The van der Waals surface area contributed by atoms with E-state index in [0.717, 1.165) is 18.2 Å². The highest BCUT2D eigenvalue weighted by Gasteiger charge is 2.21. The van der Waals surface area contributed by atoms with Crippen molar-refractivity contribution in [1.82, 2.24) is 15.2 Å². The Morgan fingerprint density at radius 3 is 2.71 bits per heavy atom. The Balaban J connectivity index is 1.60. The average molecular weight is 209 g/mol. The predicted octanol–water partition coefficient (Wildman–Crippen LogP) is 1.11. The average Bonchev–Trinajstić information content (AvgIpc) is 2.82. The topological polar surface area (TPSA) is 29.0 Å². The molecule has 14 heavy (non-hydrogen) atoms. The van der Waals surface area contributed by atoms with Gasteiger partial charge in [-0.2, -0.15) is 0 Å². The van der Waals surface area contributed by atoms with Gasteiger partial charge < -0.3 is 15.2 Å². The van der Waals surface area contributed by atoms with Crippen molar-refractivity contribution in [1.29, 1.82) is 0 Å². The first-order valence-corrected chi connectivity index (χ1v) is 5.40. The molecule has 0 bridgehead atoms. The number of nitrogens with zero attached hydrogens (tertiary/aromatic N) is 1. The van der Waals surface area contributed by atoms with Gasteiger partial charge in [0, 0.05) is 31.5 Å². The lowest BCUT2D eigenvalue weighted by molar-refractivity contribution is 0.670. The molecule has 0 atom stereocenters. The number of aromatic nitrogens is 1. The Kier molecular flexibility index (Phi) is 3.03. The van der Waals surface area contributed by atoms with Crippen molar-refractivity contribution in [2.75, 3.05) is 6.54 Å². The van der Waals surface area contributed by atoms with Gasteiger partial charge in [0.05, 0.1) is 0 Å². The lowest BCUT2D eigenvalue weighted by Gasteiger charge is -2.09. The monoisotopic (exact) mass is 209 g/mol. The third-order valence-corrected chi connectivity index (χ3v) is 2.50. The number of nitrogens with one attached hydrogen (secondary N) is 2. The maximum absolute atomic E-state index is 5.13. The van der Waals surface area contributed by atoms with E-state index in [1.165, 1.54) is 12.8 Å². The number of hydrogen-bond acceptors (Lipinski definition) is 1. The summed E-state index contributed by atoms with van der Waals surface area (Å²) in [7, 11) is 0. The van der Waals surface area contributed by atoms with Crippen molar-refractivity contribution in [3.63, 3.8) is 0 Å². The minimum absolute atomic E-state index is 0.640. The van der Waals surface area contributed by atoms with Crippen LogP contribution < -0.4 is 10.6 Å². The Labute approximate surface area is 89.5 Å². The van der Waals surface area contributed by atoms with Crippen molar-refractivity contribution in [2.24, 2.45) is 0 Å². The first-order valence-electron chi connectivity index (χ1n) is 5.00. The molecular weight excluding hydrogens is 194 g/mol. The molecular formula is C10H15N3S. The summed E-state index contributed by atoms with van der Waals surface area (Å²) < 4.78 is 2.13. The quantitative estimate of drug-likeness (QED) is 0.728. The minimum atomic E-state index is 0.640. The molecule has 4 heteroatoms. The van der Waals surface area contributed by atoms with Crippen molar-refractivity contribution in [3.8, 4) is 0 Å². The summed E-state index contributed by atoms with van der Waals surface area (Å²) >= 11 is 5.13. The van der Waals surface area contributed by atoms with Gasteiger partial charge in [0.1, 0.15) is 0 Å². The molecule has 0 aliphatic heterocycles. The van der Waals surface area contributed by atoms with Crippen LogP contribution in [0.4, 0.5) is 0 Å². The lowest BCUT2D eigenvalue weighted by atomic mass is 10.6. The van der Waals surface area contributed by atoms with E-state index < -0.39 is 0 Å². The van der Waals surface area contributed by atoms with Crippen molar-refractivity contribution in [2.45, 2.75) is 25.4 Å². The van der Waals surface area contributed by atoms with Gasteiger partial charge in [0.2, 0.25) is 0 Å². The molecule has 0 aromatic carbocycles. The minimum Gasteiger partial charge on any atom is -0.361 e. The summed E-state index contributed by atoms with van der Waals surface area (Å²) in [6.45, 7) is 1.84. The molecule has 1 aliphatic rings. The molecule has 3 nitrogen and oxygen atoms in total. The van der Waals surface area contributed by atoms with E-state index in [0.29, 0.717) is 6.04 Å². The molecule has 2 N–H and O–H groups in total. The van der Waals surface area contributed by atoms with E-state index in [4.69, 9.17) is 12.2 Å². The normalized spacial score (nSPS) is 15.1. The zero-order valence-electron chi connectivity index (χ0n) is 8.07. The maximum atomic E-state index is 5.13. The van der Waals surface area contributed by atoms with E-state index in [2.05, 4.69) is 27.6 Å². The second kappa shape index (κ2) is 4.46. The zero-order valence-corrected chi connectivity index (χ0v) is 8.89. The lowest BCUT2D eigenvalue weighted by Crippen LogP contribution is -2.37.